The van der Waals surface area contributed by atoms with Crippen molar-refractivity contribution in [2.24, 2.45) is 0 Å². The van der Waals surface area contributed by atoms with Gasteiger partial charge in [-0.3, -0.25) is 0 Å². The molecule has 0 aromatic rings. The van der Waals surface area contributed by atoms with Crippen molar-refractivity contribution in [3.8, 4) is 0 Å². The van der Waals surface area contributed by atoms with Gasteiger partial charge in [0.15, 0.2) is 0 Å². The largest absolute Gasteiger partial charge is 0.446 e. The van der Waals surface area contributed by atoms with Gasteiger partial charge in [-0.05, 0) is 19.3 Å². The third-order valence-electron chi connectivity index (χ3n) is 6.83. The molecule has 3 amide bonds. The van der Waals surface area contributed by atoms with Crippen LogP contribution in [0.4, 0.5) is 9.59 Å². The lowest BCUT2D eigenvalue weighted by Gasteiger charge is -2.23. The minimum Gasteiger partial charge on any atom is -0.446 e. The van der Waals surface area contributed by atoms with E-state index in [9.17, 15) is 9.59 Å². The Hall–Kier alpha value is -1.38. The van der Waals surface area contributed by atoms with E-state index in [0.717, 1.165) is 36.9 Å². The van der Waals surface area contributed by atoms with Crippen LogP contribution in [0.1, 0.15) is 110 Å². The molecule has 1 aliphatic heterocycles. The van der Waals surface area contributed by atoms with Gasteiger partial charge >= 0.3 is 12.1 Å². The number of alkyl carbamates (subject to hydrolysis) is 1. The Balaban J connectivity index is 1.88. The first-order valence-electron chi connectivity index (χ1n) is 15.1. The summed E-state index contributed by atoms with van der Waals surface area (Å²) in [5.74, 6) is 0. The second kappa shape index (κ2) is 21.5. The van der Waals surface area contributed by atoms with Gasteiger partial charge in [-0.2, -0.15) is 0 Å². The molecule has 0 aromatic carbocycles. The number of carbonyl (C=O) groups excluding carboxylic acids is 2. The molecule has 0 aliphatic carbocycles. The van der Waals surface area contributed by atoms with Crippen molar-refractivity contribution in [1.29, 1.82) is 0 Å². The second-order valence-electron chi connectivity index (χ2n) is 11.6. The molecular weight excluding hydrogens is 470 g/mol. The maximum atomic E-state index is 11.8. The van der Waals surface area contributed by atoms with Crippen molar-refractivity contribution in [3.05, 3.63) is 0 Å². The number of carbonyl (C=O) groups is 2. The lowest BCUT2D eigenvalue weighted by atomic mass is 10.0. The predicted molar refractivity (Wildman–Crippen MR) is 150 cm³/mol. The van der Waals surface area contributed by atoms with Crippen LogP contribution in [0.5, 0.6) is 0 Å². The van der Waals surface area contributed by atoms with Crippen LogP contribution in [-0.2, 0) is 14.2 Å². The molecule has 218 valence electrons. The zero-order chi connectivity index (χ0) is 27.2. The molecule has 0 radical (unpaired) electrons. The molecule has 0 bridgehead atoms. The van der Waals surface area contributed by atoms with Crippen LogP contribution in [0.25, 0.3) is 0 Å². The normalized spacial score (nSPS) is 17.6. The number of rotatable bonds is 22. The van der Waals surface area contributed by atoms with Gasteiger partial charge in [0.2, 0.25) is 0 Å². The monoisotopic (exact) mass is 528 g/mol. The Kier molecular flexibility index (Phi) is 19.6. The van der Waals surface area contributed by atoms with Crippen LogP contribution in [-0.4, -0.2) is 82.9 Å². The molecule has 1 aliphatic rings. The number of amides is 3. The van der Waals surface area contributed by atoms with E-state index in [2.05, 4.69) is 17.6 Å². The predicted octanol–water partition coefficient (Wildman–Crippen LogP) is 6.17. The standard InChI is InChI=1S/C29H57N3O5/c1-5-6-7-8-9-10-11-12-13-14-15-16-17-18-23-35-24-26-19-20-27(37-26)25-36-29(34)31-28(33)30-21-22-32(2,3)4/h26-27H,5-25H2,1-4H3,(H-,30,31,33,34)/p+1/t26-,27+/m0/s1. The van der Waals surface area contributed by atoms with Crippen LogP contribution in [0.3, 0.4) is 0 Å². The van der Waals surface area contributed by atoms with Gasteiger partial charge in [-0.25, -0.2) is 14.9 Å². The molecule has 0 unspecified atom stereocenters. The lowest BCUT2D eigenvalue weighted by Crippen LogP contribution is -2.46. The summed E-state index contributed by atoms with van der Waals surface area (Å²) in [4.78, 5) is 23.5. The van der Waals surface area contributed by atoms with Crippen LogP contribution in [0, 0.1) is 0 Å². The Labute approximate surface area is 227 Å². The Morgan fingerprint density at radius 3 is 1.84 bits per heavy atom. The SMILES string of the molecule is CCCCCCCCCCCCCCCCOC[C@@H]1CC[C@H](COC(=O)NC(=O)NCC[N+](C)(C)C)O1. The molecule has 1 rings (SSSR count). The summed E-state index contributed by atoms with van der Waals surface area (Å²) in [5.41, 5.74) is 0. The highest BCUT2D eigenvalue weighted by Gasteiger charge is 2.26. The van der Waals surface area contributed by atoms with Gasteiger partial charge in [0.25, 0.3) is 0 Å². The molecule has 2 N–H and O–H groups in total. The van der Waals surface area contributed by atoms with E-state index in [4.69, 9.17) is 14.2 Å². The topological polar surface area (TPSA) is 85.9 Å². The molecule has 1 saturated heterocycles. The fraction of sp³-hybridized carbons (Fsp3) is 0.931. The molecule has 1 heterocycles. The highest BCUT2D eigenvalue weighted by atomic mass is 16.6. The second-order valence-corrected chi connectivity index (χ2v) is 11.6. The van der Waals surface area contributed by atoms with Crippen molar-refractivity contribution in [2.45, 2.75) is 122 Å². The van der Waals surface area contributed by atoms with Crippen molar-refractivity contribution in [1.82, 2.24) is 10.6 Å². The van der Waals surface area contributed by atoms with Gasteiger partial charge < -0.3 is 24.0 Å². The van der Waals surface area contributed by atoms with E-state index in [1.54, 1.807) is 0 Å². The number of likely N-dealkylation sites (N-methyl/N-ethyl adjacent to an activating group) is 1. The van der Waals surface area contributed by atoms with Crippen LogP contribution in [0.2, 0.25) is 0 Å². The van der Waals surface area contributed by atoms with Crippen molar-refractivity contribution >= 4 is 12.1 Å². The van der Waals surface area contributed by atoms with Crippen molar-refractivity contribution in [2.75, 3.05) is 54.1 Å². The van der Waals surface area contributed by atoms with Crippen molar-refractivity contribution in [3.63, 3.8) is 0 Å². The minimum atomic E-state index is -0.746. The summed E-state index contributed by atoms with van der Waals surface area (Å²) in [6.45, 7) is 5.04. The molecule has 0 spiro atoms. The van der Waals surface area contributed by atoms with Crippen molar-refractivity contribution < 1.29 is 28.3 Å². The number of unbranched alkanes of at least 4 members (excludes halogenated alkanes) is 13. The highest BCUT2D eigenvalue weighted by Crippen LogP contribution is 2.20. The molecule has 0 saturated carbocycles. The fourth-order valence-electron chi connectivity index (χ4n) is 4.49. The van der Waals surface area contributed by atoms with E-state index >= 15 is 0 Å². The third kappa shape index (κ3) is 21.3. The number of hydrogen-bond acceptors (Lipinski definition) is 5. The summed E-state index contributed by atoms with van der Waals surface area (Å²) in [6, 6.07) is -0.541. The Morgan fingerprint density at radius 1 is 0.784 bits per heavy atom. The molecule has 1 fully saturated rings. The molecule has 2 atom stereocenters. The molecule has 8 nitrogen and oxygen atoms in total. The molecule has 0 aromatic heterocycles. The number of nitrogens with one attached hydrogen (secondary N) is 2. The minimum absolute atomic E-state index is 0.0575. The highest BCUT2D eigenvalue weighted by molar-refractivity contribution is 5.90. The quantitative estimate of drug-likeness (QED) is 0.130. The molecule has 8 heteroatoms. The number of ether oxygens (including phenoxy) is 3. The van der Waals surface area contributed by atoms with E-state index in [-0.39, 0.29) is 18.8 Å². The summed E-state index contributed by atoms with van der Waals surface area (Å²) in [7, 11) is 6.11. The zero-order valence-corrected chi connectivity index (χ0v) is 24.5. The van der Waals surface area contributed by atoms with Gasteiger partial charge in [0.05, 0.1) is 53.0 Å². The lowest BCUT2D eigenvalue weighted by molar-refractivity contribution is -0.869. The summed E-state index contributed by atoms with van der Waals surface area (Å²) >= 11 is 0. The van der Waals surface area contributed by atoms with Gasteiger partial charge in [-0.15, -0.1) is 0 Å². The van der Waals surface area contributed by atoms with Crippen LogP contribution >= 0.6 is 0 Å². The van der Waals surface area contributed by atoms with E-state index in [1.807, 2.05) is 21.1 Å². The first-order chi connectivity index (χ1) is 17.8. The van der Waals surface area contributed by atoms with Gasteiger partial charge in [0, 0.05) is 6.61 Å². The third-order valence-corrected chi connectivity index (χ3v) is 6.83. The molecule has 37 heavy (non-hydrogen) atoms. The zero-order valence-electron chi connectivity index (χ0n) is 24.5. The first kappa shape index (κ1) is 33.6. The maximum Gasteiger partial charge on any atom is 0.415 e. The van der Waals surface area contributed by atoms with Crippen LogP contribution < -0.4 is 10.6 Å². The number of hydrogen-bond donors (Lipinski definition) is 2. The Morgan fingerprint density at radius 2 is 1.30 bits per heavy atom. The van der Waals surface area contributed by atoms with Gasteiger partial charge in [0.1, 0.15) is 6.61 Å². The number of urea groups is 1. The fourth-order valence-corrected chi connectivity index (χ4v) is 4.49. The smallest absolute Gasteiger partial charge is 0.415 e. The average Bonchev–Trinajstić information content (AvgIpc) is 3.29. The number of quaternary nitrogens is 1. The van der Waals surface area contributed by atoms with E-state index in [1.165, 1.54) is 83.5 Å². The van der Waals surface area contributed by atoms with Crippen LogP contribution in [0.15, 0.2) is 0 Å². The van der Waals surface area contributed by atoms with E-state index in [0.29, 0.717) is 13.2 Å². The number of nitrogens with zero attached hydrogens (tertiary/aromatic N) is 1. The van der Waals surface area contributed by atoms with E-state index < -0.39 is 12.1 Å². The summed E-state index contributed by atoms with van der Waals surface area (Å²) in [6.07, 6.45) is 19.9. The maximum absolute atomic E-state index is 11.8. The summed E-state index contributed by atoms with van der Waals surface area (Å²) < 4.78 is 17.6. The number of imide groups is 1. The first-order valence-corrected chi connectivity index (χ1v) is 15.1. The summed E-state index contributed by atoms with van der Waals surface area (Å²) in [5, 5.41) is 4.84. The van der Waals surface area contributed by atoms with Gasteiger partial charge in [-0.1, -0.05) is 90.4 Å². The molecular formula is C29H58N3O5+. The average molecular weight is 529 g/mol. The Bertz CT molecular complexity index is 582.